The van der Waals surface area contributed by atoms with Gasteiger partial charge in [-0.1, -0.05) is 176 Å². The quantitative estimate of drug-likeness (QED) is 0.170. The number of fused-ring (bicyclic) bond motifs is 7. The number of para-hydroxylation sites is 3. The number of hydrogen-bond acceptors (Lipinski definition) is 3. The molecule has 0 atom stereocenters. The highest BCUT2D eigenvalue weighted by atomic mass is 15.3. The second-order valence-corrected chi connectivity index (χ2v) is 14.6. The first-order chi connectivity index (χ1) is 28.8. The molecule has 3 heterocycles. The molecule has 4 heteroatoms. The minimum absolute atomic E-state index is 0.610. The summed E-state index contributed by atoms with van der Waals surface area (Å²) >= 11 is 0. The van der Waals surface area contributed by atoms with E-state index in [1.165, 1.54) is 22.1 Å². The fraction of sp³-hybridized carbons (Fsp3) is 0. The number of aromatic nitrogens is 3. The summed E-state index contributed by atoms with van der Waals surface area (Å²) in [5, 5.41) is 1.18. The van der Waals surface area contributed by atoms with Crippen LogP contribution in [0.1, 0.15) is 0 Å². The van der Waals surface area contributed by atoms with E-state index in [1.54, 1.807) is 0 Å². The molecular formula is C54H36N4. The van der Waals surface area contributed by atoms with Crippen LogP contribution in [0.3, 0.4) is 0 Å². The van der Waals surface area contributed by atoms with E-state index in [9.17, 15) is 0 Å². The van der Waals surface area contributed by atoms with Crippen LogP contribution in [0, 0.1) is 0 Å². The minimum atomic E-state index is 0.610. The van der Waals surface area contributed by atoms with Crippen molar-refractivity contribution >= 4 is 28.2 Å². The van der Waals surface area contributed by atoms with E-state index in [1.807, 2.05) is 12.1 Å². The van der Waals surface area contributed by atoms with Gasteiger partial charge in [-0.3, -0.25) is 4.90 Å². The van der Waals surface area contributed by atoms with E-state index in [0.717, 1.165) is 73.0 Å². The molecule has 4 nitrogen and oxygen atoms in total. The Morgan fingerprint density at radius 1 is 0.345 bits per heavy atom. The number of benzene rings is 8. The van der Waals surface area contributed by atoms with Gasteiger partial charge < -0.3 is 4.57 Å². The average Bonchev–Trinajstić information content (AvgIpc) is 3.59. The van der Waals surface area contributed by atoms with E-state index in [-0.39, 0.29) is 0 Å². The average molecular weight is 741 g/mol. The minimum Gasteiger partial charge on any atom is -0.308 e. The first kappa shape index (κ1) is 33.5. The lowest BCUT2D eigenvalue weighted by molar-refractivity contribution is 1.09. The molecule has 10 aromatic rings. The Kier molecular flexibility index (Phi) is 8.11. The summed E-state index contributed by atoms with van der Waals surface area (Å²) in [5.41, 5.74) is 17.2. The summed E-state index contributed by atoms with van der Waals surface area (Å²) in [7, 11) is 0. The molecular weight excluding hydrogens is 705 g/mol. The third-order valence-corrected chi connectivity index (χ3v) is 11.1. The fourth-order valence-electron chi connectivity index (χ4n) is 8.51. The molecule has 0 bridgehead atoms. The highest BCUT2D eigenvalue weighted by molar-refractivity contribution is 6.12. The molecule has 2 aromatic heterocycles. The molecule has 0 amide bonds. The van der Waals surface area contributed by atoms with Gasteiger partial charge in [0.25, 0.3) is 0 Å². The number of rotatable bonds is 6. The predicted octanol–water partition coefficient (Wildman–Crippen LogP) is 14.2. The second-order valence-electron chi connectivity index (χ2n) is 14.6. The molecule has 8 aromatic carbocycles. The van der Waals surface area contributed by atoms with Crippen molar-refractivity contribution in [2.24, 2.45) is 0 Å². The monoisotopic (exact) mass is 740 g/mol. The Morgan fingerprint density at radius 2 is 0.793 bits per heavy atom. The number of hydrogen-bond donors (Lipinski definition) is 0. The molecule has 11 rings (SSSR count). The van der Waals surface area contributed by atoms with Crippen molar-refractivity contribution in [3.05, 3.63) is 218 Å². The van der Waals surface area contributed by atoms with E-state index in [0.29, 0.717) is 5.95 Å². The van der Waals surface area contributed by atoms with Crippen LogP contribution in [0.25, 0.3) is 83.7 Å². The summed E-state index contributed by atoms with van der Waals surface area (Å²) in [4.78, 5) is 13.0. The molecule has 0 N–H and O–H groups in total. The van der Waals surface area contributed by atoms with Gasteiger partial charge in [0.15, 0.2) is 0 Å². The smallest absolute Gasteiger partial charge is 0.235 e. The number of nitrogens with zero attached hydrogens (tertiary/aromatic N) is 4. The largest absolute Gasteiger partial charge is 0.308 e. The fourth-order valence-corrected chi connectivity index (χ4v) is 8.51. The van der Waals surface area contributed by atoms with Gasteiger partial charge in [-0.05, 0) is 64.7 Å². The van der Waals surface area contributed by atoms with Gasteiger partial charge in [0, 0.05) is 38.9 Å². The number of anilines is 3. The van der Waals surface area contributed by atoms with Gasteiger partial charge in [0.1, 0.15) is 0 Å². The molecule has 272 valence electrons. The van der Waals surface area contributed by atoms with Crippen molar-refractivity contribution in [2.45, 2.75) is 0 Å². The molecule has 0 saturated carbocycles. The van der Waals surface area contributed by atoms with Gasteiger partial charge >= 0.3 is 0 Å². The predicted molar refractivity (Wildman–Crippen MR) is 240 cm³/mol. The Balaban J connectivity index is 1.22. The van der Waals surface area contributed by atoms with E-state index in [2.05, 4.69) is 216 Å². The van der Waals surface area contributed by atoms with Crippen molar-refractivity contribution in [1.82, 2.24) is 14.5 Å². The van der Waals surface area contributed by atoms with Crippen LogP contribution in [-0.4, -0.2) is 14.5 Å². The van der Waals surface area contributed by atoms with Gasteiger partial charge in [0.2, 0.25) is 5.95 Å². The molecule has 0 radical (unpaired) electrons. The van der Waals surface area contributed by atoms with E-state index >= 15 is 0 Å². The SMILES string of the molecule is c1ccc(-c2cc(-c3ccccc3)cc(-n3c4c(c5ccccc53)-c3ccccc3N(c3nc(-c5ccccc5)cc(-c5ccccc5)n3)c3ccccc3-4)c2)cc1. The summed E-state index contributed by atoms with van der Waals surface area (Å²) in [6.45, 7) is 0. The molecule has 0 saturated heterocycles. The first-order valence-corrected chi connectivity index (χ1v) is 19.7. The van der Waals surface area contributed by atoms with Crippen molar-refractivity contribution in [2.75, 3.05) is 4.90 Å². The molecule has 1 aliphatic rings. The summed E-state index contributed by atoms with van der Waals surface area (Å²) in [6, 6.07) is 77.5. The summed E-state index contributed by atoms with van der Waals surface area (Å²) in [6.07, 6.45) is 0. The maximum atomic E-state index is 5.38. The standard InChI is InChI=1S/C54H36N4/c1-5-19-37(20-6-1)41-33-42(38-21-7-2-8-22-38)35-43(34-41)57-49-30-16-13-27-44(49)52-45-28-14-17-31-50(45)58(51-32-18-15-29-46(51)53(52)57)54-55-47(39-23-9-3-10-24-39)36-48(56-54)40-25-11-4-12-26-40/h1-36H. The van der Waals surface area contributed by atoms with Crippen LogP contribution in [-0.2, 0) is 0 Å². The summed E-state index contributed by atoms with van der Waals surface area (Å²) < 4.78 is 2.47. The normalized spacial score (nSPS) is 11.8. The molecule has 0 unspecified atom stereocenters. The molecule has 1 aliphatic heterocycles. The van der Waals surface area contributed by atoms with Crippen molar-refractivity contribution < 1.29 is 0 Å². The Labute approximate surface area is 337 Å². The van der Waals surface area contributed by atoms with E-state index < -0.39 is 0 Å². The lowest BCUT2D eigenvalue weighted by Crippen LogP contribution is -2.15. The van der Waals surface area contributed by atoms with Gasteiger partial charge in [-0.15, -0.1) is 0 Å². The zero-order valence-corrected chi connectivity index (χ0v) is 31.6. The van der Waals surface area contributed by atoms with Crippen LogP contribution >= 0.6 is 0 Å². The lowest BCUT2D eigenvalue weighted by Gasteiger charge is -2.26. The Morgan fingerprint density at radius 3 is 1.36 bits per heavy atom. The first-order valence-electron chi connectivity index (χ1n) is 19.7. The van der Waals surface area contributed by atoms with Crippen LogP contribution in [0.2, 0.25) is 0 Å². The maximum absolute atomic E-state index is 5.38. The maximum Gasteiger partial charge on any atom is 0.235 e. The Hall–Kier alpha value is -7.82. The molecule has 0 spiro atoms. The van der Waals surface area contributed by atoms with Crippen LogP contribution in [0.15, 0.2) is 218 Å². The molecule has 0 aliphatic carbocycles. The second kappa shape index (κ2) is 14.0. The van der Waals surface area contributed by atoms with Crippen molar-refractivity contribution in [1.29, 1.82) is 0 Å². The molecule has 0 fully saturated rings. The zero-order chi connectivity index (χ0) is 38.4. The third kappa shape index (κ3) is 5.70. The zero-order valence-electron chi connectivity index (χ0n) is 31.6. The van der Waals surface area contributed by atoms with Crippen LogP contribution in [0.5, 0.6) is 0 Å². The van der Waals surface area contributed by atoms with Crippen molar-refractivity contribution in [3.63, 3.8) is 0 Å². The Bertz CT molecular complexity index is 2980. The van der Waals surface area contributed by atoms with Gasteiger partial charge in [-0.25, -0.2) is 9.97 Å². The molecule has 58 heavy (non-hydrogen) atoms. The van der Waals surface area contributed by atoms with Crippen molar-refractivity contribution in [3.8, 4) is 72.8 Å². The van der Waals surface area contributed by atoms with E-state index in [4.69, 9.17) is 9.97 Å². The lowest BCUT2D eigenvalue weighted by atomic mass is 9.97. The van der Waals surface area contributed by atoms with Gasteiger partial charge in [0.05, 0.1) is 34.0 Å². The third-order valence-electron chi connectivity index (χ3n) is 11.1. The highest BCUT2D eigenvalue weighted by Crippen LogP contribution is 2.54. The topological polar surface area (TPSA) is 34.0 Å². The highest BCUT2D eigenvalue weighted by Gasteiger charge is 2.32. The summed E-state index contributed by atoms with van der Waals surface area (Å²) in [5.74, 6) is 0.610. The van der Waals surface area contributed by atoms with Gasteiger partial charge in [-0.2, -0.15) is 0 Å². The van der Waals surface area contributed by atoms with Crippen LogP contribution < -0.4 is 4.90 Å². The van der Waals surface area contributed by atoms with Crippen LogP contribution in [0.4, 0.5) is 17.3 Å².